The van der Waals surface area contributed by atoms with Gasteiger partial charge in [-0.15, -0.1) is 0 Å². The second-order valence-electron chi connectivity index (χ2n) is 7.25. The Hall–Kier alpha value is -2.33. The van der Waals surface area contributed by atoms with Gasteiger partial charge in [0.05, 0.1) is 6.61 Å². The third kappa shape index (κ3) is 5.33. The number of para-hydroxylation sites is 1. The van der Waals surface area contributed by atoms with Crippen LogP contribution < -0.4 is 10.1 Å². The zero-order valence-electron chi connectivity index (χ0n) is 15.8. The molecule has 0 radical (unpaired) electrons. The number of fused-ring (bicyclic) bond motifs is 1. The van der Waals surface area contributed by atoms with E-state index in [-0.39, 0.29) is 5.91 Å². The highest BCUT2D eigenvalue weighted by Crippen LogP contribution is 2.33. The number of carbonyl (C=O) groups excluding carboxylic acids is 1. The van der Waals surface area contributed by atoms with E-state index < -0.39 is 5.72 Å². The van der Waals surface area contributed by atoms with Gasteiger partial charge in [0.15, 0.2) is 5.72 Å². The van der Waals surface area contributed by atoms with Crippen LogP contribution in [0.5, 0.6) is 5.75 Å². The maximum atomic E-state index is 12.0. The van der Waals surface area contributed by atoms with Crippen molar-refractivity contribution in [3.63, 3.8) is 0 Å². The Labute approximate surface area is 161 Å². The van der Waals surface area contributed by atoms with Crippen LogP contribution in [0, 0.1) is 0 Å². The SMILES string of the molecule is O=C1NC(O)(CCCCCCCCCOc2ccccc2)c2ccccc21. The molecule has 1 heterocycles. The summed E-state index contributed by atoms with van der Waals surface area (Å²) in [6.45, 7) is 0.774. The molecule has 27 heavy (non-hydrogen) atoms. The largest absolute Gasteiger partial charge is 0.494 e. The van der Waals surface area contributed by atoms with Gasteiger partial charge in [-0.05, 0) is 37.5 Å². The third-order valence-corrected chi connectivity index (χ3v) is 5.13. The minimum Gasteiger partial charge on any atom is -0.494 e. The van der Waals surface area contributed by atoms with E-state index in [1.165, 1.54) is 19.3 Å². The molecule has 4 heteroatoms. The zero-order valence-corrected chi connectivity index (χ0v) is 15.8. The first-order chi connectivity index (χ1) is 13.2. The Kier molecular flexibility index (Phi) is 6.88. The number of rotatable bonds is 11. The molecule has 0 bridgehead atoms. The van der Waals surface area contributed by atoms with Crippen LogP contribution in [0.4, 0.5) is 0 Å². The topological polar surface area (TPSA) is 58.6 Å². The molecule has 0 aromatic heterocycles. The molecule has 1 atom stereocenters. The fraction of sp³-hybridized carbons (Fsp3) is 0.435. The normalized spacial score (nSPS) is 18.2. The van der Waals surface area contributed by atoms with Gasteiger partial charge in [0, 0.05) is 11.1 Å². The predicted octanol–water partition coefficient (Wildman–Crippen LogP) is 4.77. The summed E-state index contributed by atoms with van der Waals surface area (Å²) in [6, 6.07) is 17.2. The molecule has 2 aromatic rings. The van der Waals surface area contributed by atoms with Crippen molar-refractivity contribution >= 4 is 5.91 Å². The van der Waals surface area contributed by atoms with Crippen molar-refractivity contribution < 1.29 is 14.6 Å². The molecule has 0 spiro atoms. The lowest BCUT2D eigenvalue weighted by atomic mass is 9.96. The Bertz CT molecular complexity index is 731. The van der Waals surface area contributed by atoms with Gasteiger partial charge in [-0.2, -0.15) is 0 Å². The standard InChI is InChI=1S/C23H29NO3/c25-22-20-15-9-10-16-21(20)23(26,24-22)17-11-4-2-1-3-5-12-18-27-19-13-7-6-8-14-19/h6-10,13-16,26H,1-5,11-12,17-18H2,(H,24,25). The average Bonchev–Trinajstić information content (AvgIpc) is 2.95. The van der Waals surface area contributed by atoms with Gasteiger partial charge in [0.1, 0.15) is 5.75 Å². The summed E-state index contributed by atoms with van der Waals surface area (Å²) < 4.78 is 5.69. The predicted molar refractivity (Wildman–Crippen MR) is 107 cm³/mol. The molecule has 3 rings (SSSR count). The van der Waals surface area contributed by atoms with Gasteiger partial charge in [0.2, 0.25) is 0 Å². The van der Waals surface area contributed by atoms with Crippen LogP contribution in [0.2, 0.25) is 0 Å². The molecule has 0 saturated carbocycles. The van der Waals surface area contributed by atoms with Crippen LogP contribution in [-0.4, -0.2) is 17.6 Å². The molecule has 2 N–H and O–H groups in total. The fourth-order valence-corrected chi connectivity index (χ4v) is 3.63. The molecule has 144 valence electrons. The minimum atomic E-state index is -1.19. The summed E-state index contributed by atoms with van der Waals surface area (Å²) in [5.41, 5.74) is 0.119. The van der Waals surface area contributed by atoms with Crippen LogP contribution >= 0.6 is 0 Å². The summed E-state index contributed by atoms with van der Waals surface area (Å²) in [4.78, 5) is 12.0. The number of hydrogen-bond acceptors (Lipinski definition) is 3. The smallest absolute Gasteiger partial charge is 0.254 e. The van der Waals surface area contributed by atoms with Crippen molar-refractivity contribution in [1.82, 2.24) is 5.32 Å². The lowest BCUT2D eigenvalue weighted by molar-refractivity contribution is 0.00320. The molecule has 2 aromatic carbocycles. The third-order valence-electron chi connectivity index (χ3n) is 5.13. The van der Waals surface area contributed by atoms with E-state index in [4.69, 9.17) is 4.74 Å². The van der Waals surface area contributed by atoms with Crippen molar-refractivity contribution in [3.05, 3.63) is 65.7 Å². The van der Waals surface area contributed by atoms with Crippen LogP contribution in [-0.2, 0) is 5.72 Å². The van der Waals surface area contributed by atoms with Crippen LogP contribution in [0.25, 0.3) is 0 Å². The fourth-order valence-electron chi connectivity index (χ4n) is 3.63. The van der Waals surface area contributed by atoms with Crippen molar-refractivity contribution in [3.8, 4) is 5.75 Å². The Morgan fingerprint density at radius 3 is 2.22 bits per heavy atom. The minimum absolute atomic E-state index is 0.175. The van der Waals surface area contributed by atoms with Gasteiger partial charge in [0.25, 0.3) is 5.91 Å². The molecule has 1 aliphatic heterocycles. The van der Waals surface area contributed by atoms with E-state index in [9.17, 15) is 9.90 Å². The van der Waals surface area contributed by atoms with Gasteiger partial charge in [-0.3, -0.25) is 4.79 Å². The van der Waals surface area contributed by atoms with Crippen molar-refractivity contribution in [2.75, 3.05) is 6.61 Å². The number of benzene rings is 2. The van der Waals surface area contributed by atoms with Crippen LogP contribution in [0.15, 0.2) is 54.6 Å². The molecule has 0 fully saturated rings. The van der Waals surface area contributed by atoms with Gasteiger partial charge < -0.3 is 15.2 Å². The first-order valence-corrected chi connectivity index (χ1v) is 10.0. The second-order valence-corrected chi connectivity index (χ2v) is 7.25. The van der Waals surface area contributed by atoms with E-state index in [0.29, 0.717) is 17.5 Å². The highest BCUT2D eigenvalue weighted by Gasteiger charge is 2.40. The van der Waals surface area contributed by atoms with E-state index in [1.807, 2.05) is 48.5 Å². The number of hydrogen-bond donors (Lipinski definition) is 2. The maximum Gasteiger partial charge on any atom is 0.254 e. The summed E-state index contributed by atoms with van der Waals surface area (Å²) in [5, 5.41) is 13.5. The molecule has 0 aliphatic carbocycles. The number of carbonyl (C=O) groups is 1. The van der Waals surface area contributed by atoms with E-state index in [2.05, 4.69) is 5.32 Å². The summed E-state index contributed by atoms with van der Waals surface area (Å²) in [7, 11) is 0. The van der Waals surface area contributed by atoms with Crippen molar-refractivity contribution in [1.29, 1.82) is 0 Å². The van der Waals surface area contributed by atoms with E-state index in [1.54, 1.807) is 6.07 Å². The first kappa shape index (κ1) is 19.4. The molecular formula is C23H29NO3. The quantitative estimate of drug-likeness (QED) is 0.562. The summed E-state index contributed by atoms with van der Waals surface area (Å²) >= 11 is 0. The molecule has 0 saturated heterocycles. The van der Waals surface area contributed by atoms with E-state index >= 15 is 0 Å². The monoisotopic (exact) mass is 367 g/mol. The highest BCUT2D eigenvalue weighted by molar-refractivity contribution is 5.99. The summed E-state index contributed by atoms with van der Waals surface area (Å²) in [5.74, 6) is 0.766. The summed E-state index contributed by atoms with van der Waals surface area (Å²) in [6.07, 6.45) is 8.38. The Morgan fingerprint density at radius 1 is 0.815 bits per heavy atom. The maximum absolute atomic E-state index is 12.0. The Balaban J connectivity index is 1.24. The van der Waals surface area contributed by atoms with Crippen molar-refractivity contribution in [2.45, 2.75) is 57.1 Å². The molecule has 1 unspecified atom stereocenters. The molecular weight excluding hydrogens is 338 g/mol. The van der Waals surface area contributed by atoms with E-state index in [0.717, 1.165) is 38.0 Å². The molecule has 4 nitrogen and oxygen atoms in total. The number of ether oxygens (including phenoxy) is 1. The number of amides is 1. The first-order valence-electron chi connectivity index (χ1n) is 10.0. The zero-order chi connectivity index (χ0) is 19.0. The highest BCUT2D eigenvalue weighted by atomic mass is 16.5. The second kappa shape index (κ2) is 9.56. The lowest BCUT2D eigenvalue weighted by Gasteiger charge is -2.23. The lowest BCUT2D eigenvalue weighted by Crippen LogP contribution is -2.39. The number of nitrogens with one attached hydrogen (secondary N) is 1. The number of aliphatic hydroxyl groups is 1. The molecule has 1 aliphatic rings. The van der Waals surface area contributed by atoms with Gasteiger partial charge in [-0.1, -0.05) is 68.5 Å². The number of unbranched alkanes of at least 4 members (excludes halogenated alkanes) is 6. The molecule has 1 amide bonds. The Morgan fingerprint density at radius 2 is 1.44 bits per heavy atom. The van der Waals surface area contributed by atoms with Crippen molar-refractivity contribution in [2.24, 2.45) is 0 Å². The van der Waals surface area contributed by atoms with Crippen LogP contribution in [0.1, 0.15) is 67.3 Å². The average molecular weight is 367 g/mol. The van der Waals surface area contributed by atoms with Gasteiger partial charge in [-0.25, -0.2) is 0 Å². The van der Waals surface area contributed by atoms with Crippen LogP contribution in [0.3, 0.4) is 0 Å². The van der Waals surface area contributed by atoms with Gasteiger partial charge >= 0.3 is 0 Å².